The number of benzene rings is 1. The van der Waals surface area contributed by atoms with Crippen molar-refractivity contribution < 1.29 is 9.18 Å². The third-order valence-corrected chi connectivity index (χ3v) is 5.51. The molecule has 3 N–H and O–H groups in total. The van der Waals surface area contributed by atoms with E-state index in [1.54, 1.807) is 9.95 Å². The average Bonchev–Trinajstić information content (AvgIpc) is 3.22. The Morgan fingerprint density at radius 2 is 2.10 bits per heavy atom. The van der Waals surface area contributed by atoms with Gasteiger partial charge in [0.25, 0.3) is 0 Å². The number of aryl methyl sites for hydroxylation is 2. The molecule has 2 aromatic heterocycles. The van der Waals surface area contributed by atoms with Gasteiger partial charge in [-0.05, 0) is 44.0 Å². The van der Waals surface area contributed by atoms with Gasteiger partial charge in [0.15, 0.2) is 0 Å². The summed E-state index contributed by atoms with van der Waals surface area (Å²) in [6, 6.07) is 7.71. The third kappa shape index (κ3) is 4.75. The molecule has 0 aliphatic carbocycles. The first-order valence-electron chi connectivity index (χ1n) is 9.35. The first-order chi connectivity index (χ1) is 14.4. The number of aromatic nitrogens is 3. The molecular formula is C20H21FN6O2S. The Balaban J connectivity index is 1.54. The van der Waals surface area contributed by atoms with Crippen molar-refractivity contribution in [1.82, 2.24) is 19.7 Å². The predicted molar refractivity (Wildman–Crippen MR) is 112 cm³/mol. The maximum atomic E-state index is 13.1. The molecule has 156 valence electrons. The maximum Gasteiger partial charge on any atom is 0.307 e. The van der Waals surface area contributed by atoms with Crippen molar-refractivity contribution in [3.63, 3.8) is 0 Å². The van der Waals surface area contributed by atoms with Crippen LogP contribution in [0.4, 0.5) is 10.2 Å². The number of hydrogen-bond donors (Lipinski definition) is 2. The number of nitrogens with two attached hydrogens (primary N) is 1. The number of anilines is 1. The molecule has 3 rings (SSSR count). The van der Waals surface area contributed by atoms with E-state index in [2.05, 4.69) is 16.5 Å². The van der Waals surface area contributed by atoms with E-state index in [4.69, 9.17) is 5.73 Å². The van der Waals surface area contributed by atoms with Gasteiger partial charge in [-0.2, -0.15) is 10.4 Å². The van der Waals surface area contributed by atoms with Crippen LogP contribution in [0.15, 0.2) is 34.4 Å². The second-order valence-corrected chi connectivity index (χ2v) is 7.53. The summed E-state index contributed by atoms with van der Waals surface area (Å²) in [5, 5.41) is 18.4. The van der Waals surface area contributed by atoms with E-state index in [-0.39, 0.29) is 34.4 Å². The Kier molecular flexibility index (Phi) is 6.64. The van der Waals surface area contributed by atoms with Gasteiger partial charge in [-0.15, -0.1) is 0 Å². The van der Waals surface area contributed by atoms with Crippen LogP contribution < -0.4 is 15.9 Å². The maximum absolute atomic E-state index is 13.1. The quantitative estimate of drug-likeness (QED) is 0.533. The number of nitrogens with zero attached hydrogens (tertiary/aromatic N) is 4. The van der Waals surface area contributed by atoms with Crippen molar-refractivity contribution in [3.8, 4) is 11.8 Å². The molecule has 0 radical (unpaired) electrons. The topological polar surface area (TPSA) is 119 Å². The molecule has 30 heavy (non-hydrogen) atoms. The van der Waals surface area contributed by atoms with E-state index in [9.17, 15) is 19.2 Å². The lowest BCUT2D eigenvalue weighted by atomic mass is 10.1. The molecule has 0 saturated heterocycles. The number of nitriles is 1. The van der Waals surface area contributed by atoms with Crippen molar-refractivity contribution in [2.24, 2.45) is 0 Å². The van der Waals surface area contributed by atoms with E-state index in [0.29, 0.717) is 37.3 Å². The van der Waals surface area contributed by atoms with Crippen LogP contribution >= 0.6 is 11.3 Å². The first kappa shape index (κ1) is 21.3. The van der Waals surface area contributed by atoms with Gasteiger partial charge in [0.05, 0.1) is 11.4 Å². The van der Waals surface area contributed by atoms with Crippen LogP contribution in [-0.2, 0) is 17.8 Å². The number of amides is 1. The molecule has 0 fully saturated rings. The Hall–Kier alpha value is -3.45. The minimum absolute atomic E-state index is 0.0707. The predicted octanol–water partition coefficient (Wildman–Crippen LogP) is 2.14. The van der Waals surface area contributed by atoms with Crippen molar-refractivity contribution in [1.29, 1.82) is 5.26 Å². The second-order valence-electron chi connectivity index (χ2n) is 6.71. The molecule has 3 aromatic rings. The van der Waals surface area contributed by atoms with Crippen LogP contribution in [-0.4, -0.2) is 26.8 Å². The van der Waals surface area contributed by atoms with Crippen LogP contribution in [0.25, 0.3) is 5.69 Å². The monoisotopic (exact) mass is 428 g/mol. The fourth-order valence-electron chi connectivity index (χ4n) is 3.01. The SMILES string of the molecule is Cc1csc(=O)n1CCC(=O)NCCCc1nn(-c2ccc(F)cc2)c(N)c1C#N. The molecule has 0 spiro atoms. The highest BCUT2D eigenvalue weighted by atomic mass is 32.1. The Bertz CT molecular complexity index is 1140. The molecule has 1 amide bonds. The van der Waals surface area contributed by atoms with E-state index < -0.39 is 0 Å². The minimum Gasteiger partial charge on any atom is -0.382 e. The van der Waals surface area contributed by atoms with Gasteiger partial charge in [-0.3, -0.25) is 9.59 Å². The molecule has 0 saturated carbocycles. The molecule has 8 nitrogen and oxygen atoms in total. The minimum atomic E-state index is -0.375. The van der Waals surface area contributed by atoms with Crippen LogP contribution in [0.5, 0.6) is 0 Å². The lowest BCUT2D eigenvalue weighted by Gasteiger charge is -2.06. The number of hydrogen-bond acceptors (Lipinski definition) is 6. The number of carbonyl (C=O) groups excluding carboxylic acids is 1. The summed E-state index contributed by atoms with van der Waals surface area (Å²) in [6.07, 6.45) is 1.23. The molecule has 0 atom stereocenters. The first-order valence-corrected chi connectivity index (χ1v) is 10.2. The smallest absolute Gasteiger partial charge is 0.307 e. The van der Waals surface area contributed by atoms with Gasteiger partial charge >= 0.3 is 4.87 Å². The molecule has 0 aliphatic heterocycles. The Labute approximate surface area is 176 Å². The fraction of sp³-hybridized carbons (Fsp3) is 0.300. The summed E-state index contributed by atoms with van der Waals surface area (Å²) in [5.41, 5.74) is 8.24. The molecule has 1 aromatic carbocycles. The Morgan fingerprint density at radius 3 is 2.73 bits per heavy atom. The van der Waals surface area contributed by atoms with Gasteiger partial charge < -0.3 is 15.6 Å². The summed E-state index contributed by atoms with van der Waals surface area (Å²) in [4.78, 5) is 23.6. The Morgan fingerprint density at radius 1 is 1.37 bits per heavy atom. The second kappa shape index (κ2) is 9.37. The van der Waals surface area contributed by atoms with Gasteiger partial charge in [-0.25, -0.2) is 9.07 Å². The summed E-state index contributed by atoms with van der Waals surface area (Å²) < 4.78 is 16.1. The fourth-order valence-corrected chi connectivity index (χ4v) is 3.78. The largest absolute Gasteiger partial charge is 0.382 e. The number of nitrogens with one attached hydrogen (secondary N) is 1. The highest BCUT2D eigenvalue weighted by molar-refractivity contribution is 7.07. The highest BCUT2D eigenvalue weighted by Gasteiger charge is 2.16. The summed E-state index contributed by atoms with van der Waals surface area (Å²) in [5.74, 6) is -0.330. The standard InChI is InChI=1S/C20H21FN6O2S/c1-13-12-30-20(29)26(13)10-8-18(28)24-9-2-3-17-16(11-22)19(23)27(25-17)15-6-4-14(21)5-7-15/h4-7,12H,2-3,8-10,23H2,1H3,(H,24,28). The van der Waals surface area contributed by atoms with Crippen molar-refractivity contribution in [3.05, 3.63) is 62.1 Å². The van der Waals surface area contributed by atoms with Gasteiger partial charge in [0, 0.05) is 30.6 Å². The number of carbonyl (C=O) groups is 1. The van der Waals surface area contributed by atoms with E-state index in [1.165, 1.54) is 28.9 Å². The lowest BCUT2D eigenvalue weighted by molar-refractivity contribution is -0.121. The van der Waals surface area contributed by atoms with Crippen molar-refractivity contribution >= 4 is 23.1 Å². The highest BCUT2D eigenvalue weighted by Crippen LogP contribution is 2.21. The lowest BCUT2D eigenvalue weighted by Crippen LogP contribution is -2.27. The number of thiazole rings is 1. The van der Waals surface area contributed by atoms with E-state index in [0.717, 1.165) is 17.0 Å². The molecule has 10 heteroatoms. The molecule has 0 aliphatic rings. The molecule has 0 unspecified atom stereocenters. The summed E-state index contributed by atoms with van der Waals surface area (Å²) in [6.45, 7) is 2.58. The number of halogens is 1. The molecule has 2 heterocycles. The molecular weight excluding hydrogens is 407 g/mol. The van der Waals surface area contributed by atoms with Crippen LogP contribution in [0, 0.1) is 24.1 Å². The van der Waals surface area contributed by atoms with Crippen molar-refractivity contribution in [2.75, 3.05) is 12.3 Å². The van der Waals surface area contributed by atoms with Gasteiger partial charge in [0.1, 0.15) is 23.3 Å². The summed E-state index contributed by atoms with van der Waals surface area (Å²) >= 11 is 1.12. The normalized spacial score (nSPS) is 10.7. The third-order valence-electron chi connectivity index (χ3n) is 4.63. The van der Waals surface area contributed by atoms with Crippen molar-refractivity contribution in [2.45, 2.75) is 32.7 Å². The van der Waals surface area contributed by atoms with Gasteiger partial charge in [-0.1, -0.05) is 11.3 Å². The number of nitrogen functional groups attached to an aromatic ring is 1. The summed E-state index contributed by atoms with van der Waals surface area (Å²) in [7, 11) is 0. The van der Waals surface area contributed by atoms with Crippen LogP contribution in [0.3, 0.4) is 0 Å². The molecule has 0 bridgehead atoms. The zero-order valence-corrected chi connectivity index (χ0v) is 17.2. The van der Waals surface area contributed by atoms with E-state index in [1.807, 2.05) is 6.92 Å². The van der Waals surface area contributed by atoms with E-state index >= 15 is 0 Å². The average molecular weight is 428 g/mol. The van der Waals surface area contributed by atoms with Crippen LogP contribution in [0.1, 0.15) is 29.8 Å². The number of rotatable bonds is 8. The van der Waals surface area contributed by atoms with Crippen LogP contribution in [0.2, 0.25) is 0 Å². The zero-order valence-electron chi connectivity index (χ0n) is 16.4. The van der Waals surface area contributed by atoms with Gasteiger partial charge in [0.2, 0.25) is 5.91 Å². The zero-order chi connectivity index (χ0) is 21.7.